The molecule has 2 aliphatic rings. The molecule has 7 heteroatoms. The third-order valence-electron chi connectivity index (χ3n) is 4.30. The summed E-state index contributed by atoms with van der Waals surface area (Å²) in [6.07, 6.45) is 3.43. The maximum Gasteiger partial charge on any atom is 0.250 e. The zero-order valence-electron chi connectivity index (χ0n) is 13.5. The zero-order valence-corrected chi connectivity index (χ0v) is 14.3. The van der Waals surface area contributed by atoms with E-state index in [0.717, 1.165) is 25.0 Å². The molecule has 6 nitrogen and oxygen atoms in total. The highest BCUT2D eigenvalue weighted by molar-refractivity contribution is 7.99. The number of hydrogen-bond acceptors (Lipinski definition) is 6. The minimum absolute atomic E-state index is 0.0257. The van der Waals surface area contributed by atoms with Gasteiger partial charge in [-0.25, -0.2) is 0 Å². The maximum absolute atomic E-state index is 12.5. The molecular formula is C15H24N4O2S. The van der Waals surface area contributed by atoms with Crippen LogP contribution in [0.2, 0.25) is 0 Å². The van der Waals surface area contributed by atoms with Crippen molar-refractivity contribution in [3.05, 3.63) is 11.7 Å². The molecule has 1 aliphatic heterocycles. The summed E-state index contributed by atoms with van der Waals surface area (Å²) in [6, 6.07) is -0.121. The smallest absolute Gasteiger partial charge is 0.250 e. The molecule has 1 amide bonds. The molecule has 3 rings (SSSR count). The Morgan fingerprint density at radius 2 is 2.23 bits per heavy atom. The van der Waals surface area contributed by atoms with Gasteiger partial charge < -0.3 is 15.2 Å². The number of rotatable bonds is 3. The summed E-state index contributed by atoms with van der Waals surface area (Å²) in [5, 5.41) is 4.06. The maximum atomic E-state index is 12.5. The lowest BCUT2D eigenvalue weighted by atomic mass is 9.77. The fraction of sp³-hybridized carbons (Fsp3) is 0.800. The van der Waals surface area contributed by atoms with Crippen molar-refractivity contribution in [2.45, 2.75) is 58.0 Å². The van der Waals surface area contributed by atoms with Crippen LogP contribution in [0.15, 0.2) is 4.52 Å². The van der Waals surface area contributed by atoms with Crippen LogP contribution in [0.3, 0.4) is 0 Å². The molecule has 2 N–H and O–H groups in total. The summed E-state index contributed by atoms with van der Waals surface area (Å²) in [4.78, 5) is 18.9. The molecule has 1 saturated carbocycles. The van der Waals surface area contributed by atoms with Crippen LogP contribution in [0.5, 0.6) is 0 Å². The van der Waals surface area contributed by atoms with Gasteiger partial charge in [0, 0.05) is 12.2 Å². The third kappa shape index (κ3) is 3.01. The molecule has 1 atom stereocenters. The van der Waals surface area contributed by atoms with Crippen molar-refractivity contribution in [2.75, 3.05) is 11.6 Å². The largest absolute Gasteiger partial charge is 0.337 e. The standard InChI is InChI=1S/C15H24N4O2S/c1-14(2,3)7-11(20)19-9-22-8-10(19)12-17-13(18-21-12)15(16)5-4-6-15/h10H,4-9,16H2,1-3H3. The van der Waals surface area contributed by atoms with Gasteiger partial charge in [-0.3, -0.25) is 4.79 Å². The SMILES string of the molecule is CC(C)(C)CC(=O)N1CSCC1c1nc(C2(N)CCC2)no1. The van der Waals surface area contributed by atoms with E-state index in [1.54, 1.807) is 11.8 Å². The first-order valence-electron chi connectivity index (χ1n) is 7.79. The Labute approximate surface area is 135 Å². The highest BCUT2D eigenvalue weighted by Gasteiger charge is 2.41. The predicted octanol–water partition coefficient (Wildman–Crippen LogP) is 2.42. The first kappa shape index (κ1) is 15.8. The van der Waals surface area contributed by atoms with Crippen LogP contribution in [0.25, 0.3) is 0 Å². The predicted molar refractivity (Wildman–Crippen MR) is 85.0 cm³/mol. The molecule has 1 aromatic heterocycles. The Bertz CT molecular complexity index is 562. The highest BCUT2D eigenvalue weighted by atomic mass is 32.2. The van der Waals surface area contributed by atoms with Crippen LogP contribution < -0.4 is 5.73 Å². The van der Waals surface area contributed by atoms with Crippen molar-refractivity contribution >= 4 is 17.7 Å². The molecule has 1 unspecified atom stereocenters. The van der Waals surface area contributed by atoms with Gasteiger partial charge in [0.2, 0.25) is 11.8 Å². The van der Waals surface area contributed by atoms with Gasteiger partial charge in [0.25, 0.3) is 0 Å². The molecular weight excluding hydrogens is 300 g/mol. The molecule has 0 aromatic carbocycles. The van der Waals surface area contributed by atoms with E-state index >= 15 is 0 Å². The molecule has 1 saturated heterocycles. The number of nitrogens with two attached hydrogens (primary N) is 1. The first-order valence-corrected chi connectivity index (χ1v) is 8.94. The lowest BCUT2D eigenvalue weighted by molar-refractivity contribution is -0.134. The van der Waals surface area contributed by atoms with Crippen molar-refractivity contribution in [1.82, 2.24) is 15.0 Å². The number of hydrogen-bond donors (Lipinski definition) is 1. The summed E-state index contributed by atoms with van der Waals surface area (Å²) in [5.41, 5.74) is 5.79. The van der Waals surface area contributed by atoms with Crippen molar-refractivity contribution < 1.29 is 9.32 Å². The summed E-state index contributed by atoms with van der Waals surface area (Å²) in [6.45, 7) is 6.22. The Hall–Kier alpha value is -1.08. The molecule has 0 bridgehead atoms. The van der Waals surface area contributed by atoms with Crippen LogP contribution in [0.1, 0.15) is 64.2 Å². The molecule has 2 heterocycles. The van der Waals surface area contributed by atoms with E-state index in [9.17, 15) is 4.79 Å². The Balaban J connectivity index is 1.74. The van der Waals surface area contributed by atoms with Crippen molar-refractivity contribution in [3.63, 3.8) is 0 Å². The van der Waals surface area contributed by atoms with Gasteiger partial charge in [-0.1, -0.05) is 25.9 Å². The monoisotopic (exact) mass is 324 g/mol. The zero-order chi connectivity index (χ0) is 16.0. The lowest BCUT2D eigenvalue weighted by Gasteiger charge is -2.34. The van der Waals surface area contributed by atoms with Crippen molar-refractivity contribution in [2.24, 2.45) is 11.1 Å². The van der Waals surface area contributed by atoms with E-state index in [4.69, 9.17) is 10.3 Å². The van der Waals surface area contributed by atoms with E-state index < -0.39 is 5.54 Å². The normalized spacial score (nSPS) is 24.4. The number of aromatic nitrogens is 2. The van der Waals surface area contributed by atoms with E-state index in [2.05, 4.69) is 30.9 Å². The van der Waals surface area contributed by atoms with Crippen LogP contribution >= 0.6 is 11.8 Å². The number of carbonyl (C=O) groups is 1. The Morgan fingerprint density at radius 3 is 2.82 bits per heavy atom. The van der Waals surface area contributed by atoms with Gasteiger partial charge >= 0.3 is 0 Å². The van der Waals surface area contributed by atoms with E-state index in [0.29, 0.717) is 24.0 Å². The second-order valence-electron chi connectivity index (χ2n) is 7.58. The lowest BCUT2D eigenvalue weighted by Crippen LogP contribution is -2.44. The summed E-state index contributed by atoms with van der Waals surface area (Å²) >= 11 is 1.72. The van der Waals surface area contributed by atoms with Gasteiger partial charge in [-0.05, 0) is 24.7 Å². The summed E-state index contributed by atoms with van der Waals surface area (Å²) in [7, 11) is 0. The molecule has 22 heavy (non-hydrogen) atoms. The third-order valence-corrected chi connectivity index (χ3v) is 5.31. The van der Waals surface area contributed by atoms with Gasteiger partial charge in [0.15, 0.2) is 5.82 Å². The summed E-state index contributed by atoms with van der Waals surface area (Å²) < 4.78 is 5.43. The molecule has 1 aromatic rings. The molecule has 2 fully saturated rings. The van der Waals surface area contributed by atoms with Crippen LogP contribution in [-0.2, 0) is 10.3 Å². The van der Waals surface area contributed by atoms with Gasteiger partial charge in [-0.2, -0.15) is 4.98 Å². The minimum atomic E-state index is -0.423. The molecule has 122 valence electrons. The van der Waals surface area contributed by atoms with Crippen molar-refractivity contribution in [3.8, 4) is 0 Å². The second kappa shape index (κ2) is 5.53. The minimum Gasteiger partial charge on any atom is -0.337 e. The first-order chi connectivity index (χ1) is 10.3. The van der Waals surface area contributed by atoms with Gasteiger partial charge in [-0.15, -0.1) is 11.8 Å². The Morgan fingerprint density at radius 1 is 1.50 bits per heavy atom. The van der Waals surface area contributed by atoms with Crippen LogP contribution in [0, 0.1) is 5.41 Å². The quantitative estimate of drug-likeness (QED) is 0.919. The molecule has 0 spiro atoms. The Kier molecular flexibility index (Phi) is 3.97. The topological polar surface area (TPSA) is 85.2 Å². The number of thioether (sulfide) groups is 1. The molecule has 0 radical (unpaired) electrons. The van der Waals surface area contributed by atoms with Crippen LogP contribution in [-0.4, -0.2) is 32.6 Å². The van der Waals surface area contributed by atoms with Crippen LogP contribution in [0.4, 0.5) is 0 Å². The fourth-order valence-electron chi connectivity index (χ4n) is 2.80. The second-order valence-corrected chi connectivity index (χ2v) is 8.58. The summed E-state index contributed by atoms with van der Waals surface area (Å²) in [5.74, 6) is 2.75. The van der Waals surface area contributed by atoms with E-state index in [1.165, 1.54) is 0 Å². The average Bonchev–Trinajstić information content (AvgIpc) is 3.02. The van der Waals surface area contributed by atoms with E-state index in [-0.39, 0.29) is 17.4 Å². The van der Waals surface area contributed by atoms with Gasteiger partial charge in [0.05, 0.1) is 11.4 Å². The average molecular weight is 324 g/mol. The number of carbonyl (C=O) groups excluding carboxylic acids is 1. The number of amides is 1. The van der Waals surface area contributed by atoms with Gasteiger partial charge in [0.1, 0.15) is 6.04 Å². The fourth-order valence-corrected chi connectivity index (χ4v) is 3.97. The molecule has 1 aliphatic carbocycles. The highest BCUT2D eigenvalue weighted by Crippen LogP contribution is 2.39. The van der Waals surface area contributed by atoms with E-state index in [1.807, 2.05) is 4.90 Å². The number of nitrogens with zero attached hydrogens (tertiary/aromatic N) is 3. The van der Waals surface area contributed by atoms with Crippen molar-refractivity contribution in [1.29, 1.82) is 0 Å².